The Hall–Kier alpha value is -2.24. The monoisotopic (exact) mass is 502 g/mol. The van der Waals surface area contributed by atoms with Crippen molar-refractivity contribution in [3.05, 3.63) is 63.6 Å². The molecule has 1 atom stereocenters. The zero-order valence-electron chi connectivity index (χ0n) is 19.7. The third-order valence-electron chi connectivity index (χ3n) is 6.93. The van der Waals surface area contributed by atoms with Crippen LogP contribution in [0.5, 0.6) is 5.75 Å². The lowest BCUT2D eigenvalue weighted by Crippen LogP contribution is -2.51. The molecule has 0 radical (unpaired) electrons. The number of hydrogen-bond acceptors (Lipinski definition) is 3. The molecular formula is C27H32Cl2N2O3. The fraction of sp³-hybridized carbons (Fsp3) is 0.481. The Morgan fingerprint density at radius 1 is 0.971 bits per heavy atom. The fourth-order valence-corrected chi connectivity index (χ4v) is 5.33. The predicted octanol–water partition coefficient (Wildman–Crippen LogP) is 6.01. The molecule has 2 amide bonds. The Bertz CT molecular complexity index is 1040. The summed E-state index contributed by atoms with van der Waals surface area (Å²) in [5.74, 6) is 0.831. The van der Waals surface area contributed by atoms with E-state index in [1.807, 2.05) is 34.9 Å². The van der Waals surface area contributed by atoms with E-state index in [9.17, 15) is 9.59 Å². The van der Waals surface area contributed by atoms with E-state index in [1.165, 1.54) is 6.42 Å². The van der Waals surface area contributed by atoms with Crippen molar-refractivity contribution >= 4 is 35.0 Å². The SMILES string of the molecule is Cc1cc(OCC2(CC(=O)N3CCCCC3)CCCN(C(=O)c3cccc(Cl)c3)C2)ccc1Cl. The number of benzene rings is 2. The number of piperidine rings is 2. The number of aryl methyl sites for hydroxylation is 1. The van der Waals surface area contributed by atoms with Gasteiger partial charge in [0.1, 0.15) is 5.75 Å². The normalized spacial score (nSPS) is 20.8. The Kier molecular flexibility index (Phi) is 8.05. The summed E-state index contributed by atoms with van der Waals surface area (Å²) in [6, 6.07) is 12.6. The van der Waals surface area contributed by atoms with Gasteiger partial charge in [0.05, 0.1) is 6.61 Å². The minimum Gasteiger partial charge on any atom is -0.493 e. The summed E-state index contributed by atoms with van der Waals surface area (Å²) in [5, 5.41) is 1.23. The van der Waals surface area contributed by atoms with Gasteiger partial charge in [-0.1, -0.05) is 29.3 Å². The molecule has 2 aromatic rings. The van der Waals surface area contributed by atoms with Crippen LogP contribution in [0.3, 0.4) is 0 Å². The molecule has 2 fully saturated rings. The molecular weight excluding hydrogens is 471 g/mol. The topological polar surface area (TPSA) is 49.9 Å². The number of rotatable bonds is 6. The number of hydrogen-bond donors (Lipinski definition) is 0. The van der Waals surface area contributed by atoms with Crippen LogP contribution in [0.15, 0.2) is 42.5 Å². The first kappa shape index (κ1) is 24.9. The first-order valence-corrected chi connectivity index (χ1v) is 12.8. The summed E-state index contributed by atoms with van der Waals surface area (Å²) in [4.78, 5) is 30.4. The summed E-state index contributed by atoms with van der Waals surface area (Å²) >= 11 is 12.3. The van der Waals surface area contributed by atoms with Crippen LogP contribution in [0.2, 0.25) is 10.0 Å². The van der Waals surface area contributed by atoms with E-state index < -0.39 is 5.41 Å². The number of halogens is 2. The highest BCUT2D eigenvalue weighted by Gasteiger charge is 2.41. The van der Waals surface area contributed by atoms with Crippen LogP contribution in [0.4, 0.5) is 0 Å². The second kappa shape index (κ2) is 11.0. The minimum atomic E-state index is -0.450. The van der Waals surface area contributed by atoms with E-state index in [-0.39, 0.29) is 11.8 Å². The Morgan fingerprint density at radius 2 is 1.74 bits per heavy atom. The van der Waals surface area contributed by atoms with Crippen molar-refractivity contribution in [3.8, 4) is 5.75 Å². The van der Waals surface area contributed by atoms with E-state index in [0.717, 1.165) is 50.1 Å². The molecule has 1 unspecified atom stereocenters. The maximum Gasteiger partial charge on any atom is 0.253 e. The van der Waals surface area contributed by atoms with Crippen LogP contribution in [-0.2, 0) is 4.79 Å². The molecule has 0 aromatic heterocycles. The number of ether oxygens (including phenoxy) is 1. The highest BCUT2D eigenvalue weighted by Crippen LogP contribution is 2.36. The van der Waals surface area contributed by atoms with Gasteiger partial charge in [-0.2, -0.15) is 0 Å². The summed E-state index contributed by atoms with van der Waals surface area (Å²) in [6.45, 7) is 5.08. The molecule has 0 saturated carbocycles. The summed E-state index contributed by atoms with van der Waals surface area (Å²) in [6.07, 6.45) is 5.31. The van der Waals surface area contributed by atoms with Crippen LogP contribution in [0.25, 0.3) is 0 Å². The van der Waals surface area contributed by atoms with E-state index in [0.29, 0.717) is 41.7 Å². The molecule has 0 N–H and O–H groups in total. The lowest BCUT2D eigenvalue weighted by atomic mass is 9.77. The molecule has 182 valence electrons. The smallest absolute Gasteiger partial charge is 0.253 e. The molecule has 0 spiro atoms. The number of amides is 2. The van der Waals surface area contributed by atoms with E-state index >= 15 is 0 Å². The van der Waals surface area contributed by atoms with Gasteiger partial charge in [-0.05, 0) is 81.0 Å². The molecule has 2 saturated heterocycles. The van der Waals surface area contributed by atoms with Crippen molar-refractivity contribution in [2.75, 3.05) is 32.8 Å². The van der Waals surface area contributed by atoms with Crippen molar-refractivity contribution in [2.24, 2.45) is 5.41 Å². The van der Waals surface area contributed by atoms with Gasteiger partial charge in [-0.15, -0.1) is 0 Å². The van der Waals surface area contributed by atoms with Crippen LogP contribution in [0.1, 0.15) is 54.4 Å². The number of nitrogens with zero attached hydrogens (tertiary/aromatic N) is 2. The third kappa shape index (κ3) is 6.05. The molecule has 5 nitrogen and oxygen atoms in total. The first-order chi connectivity index (χ1) is 16.3. The zero-order chi connectivity index (χ0) is 24.1. The molecule has 4 rings (SSSR count). The number of likely N-dealkylation sites (tertiary alicyclic amines) is 2. The van der Waals surface area contributed by atoms with Gasteiger partial charge < -0.3 is 14.5 Å². The second-order valence-corrected chi connectivity index (χ2v) is 10.5. The van der Waals surface area contributed by atoms with Crippen LogP contribution < -0.4 is 4.74 Å². The maximum atomic E-state index is 13.3. The highest BCUT2D eigenvalue weighted by atomic mass is 35.5. The molecule has 2 aliphatic rings. The van der Waals surface area contributed by atoms with Gasteiger partial charge >= 0.3 is 0 Å². The Morgan fingerprint density at radius 3 is 2.47 bits per heavy atom. The average Bonchev–Trinajstić information content (AvgIpc) is 2.85. The minimum absolute atomic E-state index is 0.0562. The van der Waals surface area contributed by atoms with Crippen molar-refractivity contribution < 1.29 is 14.3 Å². The molecule has 7 heteroatoms. The molecule has 34 heavy (non-hydrogen) atoms. The Labute approximate surface area is 212 Å². The Balaban J connectivity index is 1.54. The van der Waals surface area contributed by atoms with Crippen molar-refractivity contribution in [1.29, 1.82) is 0 Å². The van der Waals surface area contributed by atoms with Gasteiger partial charge in [-0.3, -0.25) is 9.59 Å². The standard InChI is InChI=1S/C27H32Cl2N2O3/c1-20-15-23(9-10-24(20)29)34-19-27(17-25(32)30-12-3-2-4-13-30)11-6-14-31(18-27)26(33)21-7-5-8-22(28)16-21/h5,7-10,15-16H,2-4,6,11-14,17-19H2,1H3. The highest BCUT2D eigenvalue weighted by molar-refractivity contribution is 6.31. The fourth-order valence-electron chi connectivity index (χ4n) is 5.02. The van der Waals surface area contributed by atoms with E-state index in [4.69, 9.17) is 27.9 Å². The third-order valence-corrected chi connectivity index (χ3v) is 7.59. The molecule has 0 bridgehead atoms. The largest absolute Gasteiger partial charge is 0.493 e. The maximum absolute atomic E-state index is 13.3. The van der Waals surface area contributed by atoms with Crippen LogP contribution in [0, 0.1) is 12.3 Å². The van der Waals surface area contributed by atoms with Gasteiger partial charge in [0.25, 0.3) is 5.91 Å². The molecule has 2 aliphatic heterocycles. The predicted molar refractivity (Wildman–Crippen MR) is 136 cm³/mol. The van der Waals surface area contributed by atoms with Gasteiger partial charge in [0, 0.05) is 53.6 Å². The molecule has 0 aliphatic carbocycles. The first-order valence-electron chi connectivity index (χ1n) is 12.1. The summed E-state index contributed by atoms with van der Waals surface area (Å²) in [7, 11) is 0. The van der Waals surface area contributed by atoms with Crippen molar-refractivity contribution in [1.82, 2.24) is 9.80 Å². The molecule has 2 heterocycles. The number of carbonyl (C=O) groups is 2. The van der Waals surface area contributed by atoms with Gasteiger partial charge in [0.2, 0.25) is 5.91 Å². The molecule has 2 aromatic carbocycles. The lowest BCUT2D eigenvalue weighted by Gasteiger charge is -2.43. The van der Waals surface area contributed by atoms with Crippen molar-refractivity contribution in [2.45, 2.75) is 45.4 Å². The van der Waals surface area contributed by atoms with Crippen molar-refractivity contribution in [3.63, 3.8) is 0 Å². The average molecular weight is 503 g/mol. The van der Waals surface area contributed by atoms with Gasteiger partial charge in [0.15, 0.2) is 0 Å². The quantitative estimate of drug-likeness (QED) is 0.486. The zero-order valence-corrected chi connectivity index (χ0v) is 21.2. The van der Waals surface area contributed by atoms with Gasteiger partial charge in [-0.25, -0.2) is 0 Å². The van der Waals surface area contributed by atoms with Crippen LogP contribution in [-0.4, -0.2) is 54.4 Å². The van der Waals surface area contributed by atoms with E-state index in [1.54, 1.807) is 24.3 Å². The lowest BCUT2D eigenvalue weighted by molar-refractivity contribution is -0.136. The second-order valence-electron chi connectivity index (χ2n) is 9.66. The summed E-state index contributed by atoms with van der Waals surface area (Å²) in [5.41, 5.74) is 1.06. The number of carbonyl (C=O) groups excluding carboxylic acids is 2. The van der Waals surface area contributed by atoms with E-state index in [2.05, 4.69) is 0 Å². The summed E-state index contributed by atoms with van der Waals surface area (Å²) < 4.78 is 6.24. The van der Waals surface area contributed by atoms with Crippen LogP contribution >= 0.6 is 23.2 Å².